The van der Waals surface area contributed by atoms with E-state index < -0.39 is 11.9 Å². The van der Waals surface area contributed by atoms with Gasteiger partial charge in [-0.1, -0.05) is 65.8 Å². The smallest absolute Gasteiger partial charge is 0.274 e. The molecule has 2 aromatic heterocycles. The fraction of sp³-hybridized carbons (Fsp3) is 0.167. The van der Waals surface area contributed by atoms with Crippen LogP contribution >= 0.6 is 0 Å². The first kappa shape index (κ1) is 21.0. The third-order valence-corrected chi connectivity index (χ3v) is 5.02. The Bertz CT molecular complexity index is 1160. The Labute approximate surface area is 184 Å². The highest BCUT2D eigenvalue weighted by atomic mass is 16.5. The third-order valence-electron chi connectivity index (χ3n) is 5.02. The minimum Gasteiger partial charge on any atom is -0.503 e. The molecule has 0 saturated carbocycles. The monoisotopic (exact) mass is 430 g/mol. The third kappa shape index (κ3) is 4.29. The lowest BCUT2D eigenvalue weighted by molar-refractivity contribution is 0.0923. The van der Waals surface area contributed by atoms with Crippen molar-refractivity contribution in [3.8, 4) is 11.5 Å². The van der Waals surface area contributed by atoms with Crippen LogP contribution in [0.1, 0.15) is 52.2 Å². The van der Waals surface area contributed by atoms with E-state index in [1.165, 1.54) is 19.4 Å². The number of nitrogens with zero attached hydrogens (tertiary/aromatic N) is 3. The van der Waals surface area contributed by atoms with Gasteiger partial charge in [0, 0.05) is 12.3 Å². The maximum atomic E-state index is 12.6. The van der Waals surface area contributed by atoms with Crippen LogP contribution in [0.4, 0.5) is 0 Å². The Morgan fingerprint density at radius 2 is 1.66 bits per heavy atom. The number of rotatable bonds is 7. The molecule has 0 spiro atoms. The number of amides is 1. The predicted molar refractivity (Wildman–Crippen MR) is 116 cm³/mol. The van der Waals surface area contributed by atoms with Gasteiger partial charge in [0.15, 0.2) is 23.0 Å². The number of hydrogen-bond donors (Lipinski definition) is 2. The van der Waals surface area contributed by atoms with Crippen LogP contribution in [0.25, 0.3) is 0 Å². The highest BCUT2D eigenvalue weighted by Crippen LogP contribution is 2.31. The summed E-state index contributed by atoms with van der Waals surface area (Å²) < 4.78 is 10.5. The second kappa shape index (κ2) is 9.30. The lowest BCUT2D eigenvalue weighted by atomic mass is 9.91. The number of aromatic hydroxyl groups is 1. The summed E-state index contributed by atoms with van der Waals surface area (Å²) in [6, 6.07) is 20.6. The lowest BCUT2D eigenvalue weighted by Gasteiger charge is -2.14. The van der Waals surface area contributed by atoms with Crippen molar-refractivity contribution in [3.05, 3.63) is 101 Å². The zero-order chi connectivity index (χ0) is 22.5. The molecule has 0 radical (unpaired) electrons. The number of carbonyl (C=O) groups is 1. The highest BCUT2D eigenvalue weighted by Gasteiger charge is 2.26. The van der Waals surface area contributed by atoms with E-state index in [-0.39, 0.29) is 29.0 Å². The van der Waals surface area contributed by atoms with Gasteiger partial charge < -0.3 is 19.7 Å². The number of methoxy groups -OCH3 is 1. The number of aromatic nitrogens is 3. The van der Waals surface area contributed by atoms with E-state index in [1.807, 2.05) is 60.7 Å². The van der Waals surface area contributed by atoms with Gasteiger partial charge >= 0.3 is 0 Å². The summed E-state index contributed by atoms with van der Waals surface area (Å²) in [5.74, 6) is -0.253. The van der Waals surface area contributed by atoms with E-state index in [0.29, 0.717) is 5.82 Å². The zero-order valence-corrected chi connectivity index (χ0v) is 17.6. The molecule has 1 atom stereocenters. The van der Waals surface area contributed by atoms with E-state index in [9.17, 15) is 9.90 Å². The fourth-order valence-corrected chi connectivity index (χ4v) is 3.42. The number of carbonyl (C=O) groups excluding carboxylic acids is 1. The van der Waals surface area contributed by atoms with Crippen molar-refractivity contribution in [2.24, 2.45) is 0 Å². The summed E-state index contributed by atoms with van der Waals surface area (Å²) in [6.07, 6.45) is 1.38. The molecule has 0 saturated heterocycles. The first-order valence-electron chi connectivity index (χ1n) is 10.0. The summed E-state index contributed by atoms with van der Waals surface area (Å²) in [5.41, 5.74) is 1.89. The molecule has 2 N–H and O–H groups in total. The van der Waals surface area contributed by atoms with Crippen molar-refractivity contribution in [1.82, 2.24) is 20.4 Å². The van der Waals surface area contributed by atoms with Crippen molar-refractivity contribution in [2.45, 2.75) is 18.9 Å². The van der Waals surface area contributed by atoms with Crippen molar-refractivity contribution in [3.63, 3.8) is 0 Å². The Balaban J connectivity index is 1.59. The SMILES string of the molecule is COc1ccnc(C(=O)N[C@@H](C)c2nc(C(c3ccccc3)c3ccccc3)no2)c1O. The number of hydrogen-bond acceptors (Lipinski definition) is 7. The number of pyridine rings is 1. The van der Waals surface area contributed by atoms with E-state index >= 15 is 0 Å². The average Bonchev–Trinajstić information content (AvgIpc) is 3.30. The molecule has 0 bridgehead atoms. The first-order chi connectivity index (χ1) is 15.6. The quantitative estimate of drug-likeness (QED) is 0.458. The molecule has 0 aliphatic carbocycles. The molecule has 0 unspecified atom stereocenters. The fourth-order valence-electron chi connectivity index (χ4n) is 3.42. The molecule has 32 heavy (non-hydrogen) atoms. The van der Waals surface area contributed by atoms with Crippen molar-refractivity contribution >= 4 is 5.91 Å². The Kier molecular flexibility index (Phi) is 6.12. The molecule has 2 heterocycles. The Morgan fingerprint density at radius 3 is 2.25 bits per heavy atom. The Morgan fingerprint density at radius 1 is 1.03 bits per heavy atom. The summed E-state index contributed by atoms with van der Waals surface area (Å²) in [7, 11) is 1.40. The van der Waals surface area contributed by atoms with Gasteiger partial charge in [-0.2, -0.15) is 4.98 Å². The molecular formula is C24H22N4O4. The standard InChI is InChI=1S/C24H22N4O4/c1-15(26-23(30)20-21(29)18(31-2)13-14-25-20)24-27-22(28-32-24)19(16-9-5-3-6-10-16)17-11-7-4-8-12-17/h3-15,19,29H,1-2H3,(H,26,30)/t15-/m0/s1. The lowest BCUT2D eigenvalue weighted by Crippen LogP contribution is -2.27. The van der Waals surface area contributed by atoms with E-state index in [2.05, 4.69) is 20.4 Å². The van der Waals surface area contributed by atoms with Crippen LogP contribution < -0.4 is 10.1 Å². The summed E-state index contributed by atoms with van der Waals surface area (Å²) in [6.45, 7) is 1.71. The maximum absolute atomic E-state index is 12.6. The van der Waals surface area contributed by atoms with Gasteiger partial charge in [0.05, 0.1) is 13.0 Å². The van der Waals surface area contributed by atoms with Crippen LogP contribution in [0.15, 0.2) is 77.4 Å². The number of ether oxygens (including phenoxy) is 1. The second-order valence-corrected chi connectivity index (χ2v) is 7.15. The average molecular weight is 430 g/mol. The predicted octanol–water partition coefficient (Wildman–Crippen LogP) is 3.85. The minimum absolute atomic E-state index is 0.151. The molecule has 8 heteroatoms. The van der Waals surface area contributed by atoms with Gasteiger partial charge in [0.25, 0.3) is 5.91 Å². The largest absolute Gasteiger partial charge is 0.503 e. The van der Waals surface area contributed by atoms with Gasteiger partial charge in [-0.05, 0) is 18.1 Å². The summed E-state index contributed by atoms with van der Waals surface area (Å²) in [4.78, 5) is 21.1. The molecule has 1 amide bonds. The van der Waals surface area contributed by atoms with E-state index in [0.717, 1.165) is 11.1 Å². The topological polar surface area (TPSA) is 110 Å². The molecule has 4 aromatic rings. The normalized spacial score (nSPS) is 11.8. The number of benzene rings is 2. The molecule has 0 aliphatic rings. The van der Waals surface area contributed by atoms with Gasteiger partial charge in [0.2, 0.25) is 5.89 Å². The summed E-state index contributed by atoms with van der Waals surface area (Å²) >= 11 is 0. The van der Waals surface area contributed by atoms with Gasteiger partial charge in [-0.3, -0.25) is 4.79 Å². The minimum atomic E-state index is -0.608. The van der Waals surface area contributed by atoms with Crippen LogP contribution in [0, 0.1) is 0 Å². The van der Waals surface area contributed by atoms with Gasteiger partial charge in [0.1, 0.15) is 6.04 Å². The maximum Gasteiger partial charge on any atom is 0.274 e. The first-order valence-corrected chi connectivity index (χ1v) is 10.0. The zero-order valence-electron chi connectivity index (χ0n) is 17.6. The Hall–Kier alpha value is -4.20. The molecule has 162 valence electrons. The molecule has 0 aliphatic heterocycles. The van der Waals surface area contributed by atoms with Crippen LogP contribution in [-0.4, -0.2) is 33.2 Å². The number of nitrogens with one attached hydrogen (secondary N) is 1. The van der Waals surface area contributed by atoms with Crippen LogP contribution in [0.5, 0.6) is 11.5 Å². The molecule has 0 fully saturated rings. The van der Waals surface area contributed by atoms with Crippen molar-refractivity contribution < 1.29 is 19.2 Å². The molecular weight excluding hydrogens is 408 g/mol. The second-order valence-electron chi connectivity index (χ2n) is 7.15. The molecule has 8 nitrogen and oxygen atoms in total. The molecule has 2 aromatic carbocycles. The van der Waals surface area contributed by atoms with Crippen LogP contribution in [0.3, 0.4) is 0 Å². The van der Waals surface area contributed by atoms with Crippen LogP contribution in [0.2, 0.25) is 0 Å². The van der Waals surface area contributed by atoms with Crippen molar-refractivity contribution in [2.75, 3.05) is 7.11 Å². The van der Waals surface area contributed by atoms with Crippen molar-refractivity contribution in [1.29, 1.82) is 0 Å². The van der Waals surface area contributed by atoms with Crippen LogP contribution in [-0.2, 0) is 0 Å². The van der Waals surface area contributed by atoms with Gasteiger partial charge in [-0.25, -0.2) is 4.98 Å². The van der Waals surface area contributed by atoms with E-state index in [1.54, 1.807) is 6.92 Å². The highest BCUT2D eigenvalue weighted by molar-refractivity contribution is 5.95. The summed E-state index contributed by atoms with van der Waals surface area (Å²) in [5, 5.41) is 17.1. The van der Waals surface area contributed by atoms with E-state index in [4.69, 9.17) is 9.26 Å². The molecule has 4 rings (SSSR count). The van der Waals surface area contributed by atoms with Gasteiger partial charge in [-0.15, -0.1) is 0 Å².